The molecule has 3 heterocycles. The van der Waals surface area contributed by atoms with Gasteiger partial charge in [0.2, 0.25) is 0 Å². The van der Waals surface area contributed by atoms with Gasteiger partial charge in [-0.05, 0) is 38.2 Å². The van der Waals surface area contributed by atoms with Gasteiger partial charge in [-0.15, -0.1) is 0 Å². The van der Waals surface area contributed by atoms with Gasteiger partial charge in [-0.1, -0.05) is 36.6 Å². The summed E-state index contributed by atoms with van der Waals surface area (Å²) in [4.78, 5) is 23.2. The van der Waals surface area contributed by atoms with Crippen LogP contribution in [0, 0.1) is 12.8 Å². The number of carboxylic acid groups (broad SMARTS) is 1. The van der Waals surface area contributed by atoms with Crippen LogP contribution in [0.1, 0.15) is 44.1 Å². The number of imidazole rings is 1. The van der Waals surface area contributed by atoms with E-state index < -0.39 is 11.9 Å². The quantitative estimate of drug-likeness (QED) is 0.547. The predicted octanol–water partition coefficient (Wildman–Crippen LogP) is 5.01. The molecule has 2 unspecified atom stereocenters. The highest BCUT2D eigenvalue weighted by atomic mass is 35.5. The second kappa shape index (κ2) is 9.31. The summed E-state index contributed by atoms with van der Waals surface area (Å²) < 4.78 is 8.22. The molecule has 1 aliphatic carbocycles. The number of ether oxygens (including phenoxy) is 1. The lowest BCUT2D eigenvalue weighted by atomic mass is 9.86. The molecular formula is C25H29ClN4O3. The van der Waals surface area contributed by atoms with Crippen LogP contribution in [0.4, 0.5) is 5.82 Å². The number of carbonyl (C=O) groups is 1. The van der Waals surface area contributed by atoms with E-state index in [1.54, 1.807) is 12.5 Å². The summed E-state index contributed by atoms with van der Waals surface area (Å²) in [5.41, 5.74) is 2.76. The van der Waals surface area contributed by atoms with Gasteiger partial charge < -0.3 is 19.3 Å². The Morgan fingerprint density at radius 1 is 1.24 bits per heavy atom. The minimum Gasteiger partial charge on any atom is -0.481 e. The molecule has 33 heavy (non-hydrogen) atoms. The van der Waals surface area contributed by atoms with Gasteiger partial charge in [-0.2, -0.15) is 0 Å². The maximum atomic E-state index is 11.7. The van der Waals surface area contributed by atoms with E-state index in [0.717, 1.165) is 66.6 Å². The summed E-state index contributed by atoms with van der Waals surface area (Å²) in [6, 6.07) is 6.32. The topological polar surface area (TPSA) is 80.5 Å². The van der Waals surface area contributed by atoms with Gasteiger partial charge in [-0.25, -0.2) is 9.97 Å². The SMILES string of the molecule is Cc1ccc2c(-n3ccnc3)cc(N3CCC[C@H]3COC3CCCCC3C(=O)O)nc2c1Cl. The maximum Gasteiger partial charge on any atom is 0.309 e. The van der Waals surface area contributed by atoms with Crippen molar-refractivity contribution in [2.24, 2.45) is 5.92 Å². The number of pyridine rings is 1. The molecule has 1 N–H and O–H groups in total. The predicted molar refractivity (Wildman–Crippen MR) is 128 cm³/mol. The number of carboxylic acids is 1. The Bertz CT molecular complexity index is 1150. The van der Waals surface area contributed by atoms with Crippen LogP contribution in [0.5, 0.6) is 0 Å². The minimum absolute atomic E-state index is 0.158. The molecule has 0 amide bonds. The molecule has 0 bridgehead atoms. The number of benzene rings is 1. The molecule has 8 heteroatoms. The number of anilines is 1. The highest BCUT2D eigenvalue weighted by molar-refractivity contribution is 6.36. The van der Waals surface area contributed by atoms with Crippen LogP contribution >= 0.6 is 11.6 Å². The van der Waals surface area contributed by atoms with Gasteiger partial charge in [0, 0.05) is 30.4 Å². The molecule has 2 aliphatic rings. The fourth-order valence-electron chi connectivity index (χ4n) is 5.21. The van der Waals surface area contributed by atoms with E-state index in [0.29, 0.717) is 18.1 Å². The number of fused-ring (bicyclic) bond motifs is 1. The third kappa shape index (κ3) is 4.32. The molecule has 174 valence electrons. The monoisotopic (exact) mass is 468 g/mol. The van der Waals surface area contributed by atoms with E-state index in [2.05, 4.69) is 22.0 Å². The van der Waals surface area contributed by atoms with Crippen LogP contribution in [0.3, 0.4) is 0 Å². The van der Waals surface area contributed by atoms with Crippen LogP contribution in [0.25, 0.3) is 16.6 Å². The Labute approximate surface area is 198 Å². The second-order valence-corrected chi connectivity index (χ2v) is 9.53. The normalized spacial score (nSPS) is 23.3. The standard InChI is InChI=1S/C25H29ClN4O3/c1-16-8-9-18-20(29-12-10-27-15-29)13-22(28-24(18)23(16)26)30-11-4-5-17(30)14-33-21-7-3-2-6-19(21)25(31)32/h8-10,12-13,15,17,19,21H,2-7,11,14H2,1H3,(H,31,32)/t17-,19?,21?/m0/s1. The van der Waals surface area contributed by atoms with E-state index in [9.17, 15) is 9.90 Å². The molecular weight excluding hydrogens is 440 g/mol. The number of aliphatic carboxylic acids is 1. The summed E-state index contributed by atoms with van der Waals surface area (Å²) in [6.07, 6.45) is 10.8. The van der Waals surface area contributed by atoms with Crippen LogP contribution < -0.4 is 4.90 Å². The van der Waals surface area contributed by atoms with E-state index in [1.165, 1.54) is 0 Å². The lowest BCUT2D eigenvalue weighted by Gasteiger charge is -2.32. The first-order valence-corrected chi connectivity index (χ1v) is 12.1. The third-order valence-electron chi connectivity index (χ3n) is 7.05. The van der Waals surface area contributed by atoms with Crippen molar-refractivity contribution < 1.29 is 14.6 Å². The fourth-order valence-corrected chi connectivity index (χ4v) is 5.42. The van der Waals surface area contributed by atoms with Gasteiger partial charge in [0.25, 0.3) is 0 Å². The zero-order valence-electron chi connectivity index (χ0n) is 18.8. The van der Waals surface area contributed by atoms with Crippen LogP contribution in [-0.2, 0) is 9.53 Å². The smallest absolute Gasteiger partial charge is 0.309 e. The first kappa shape index (κ1) is 22.2. The molecule has 3 atom stereocenters. The largest absolute Gasteiger partial charge is 0.481 e. The lowest BCUT2D eigenvalue weighted by molar-refractivity contribution is -0.150. The molecule has 1 aromatic carbocycles. The summed E-state index contributed by atoms with van der Waals surface area (Å²) in [6.45, 7) is 3.38. The molecule has 3 aromatic rings. The number of nitrogens with zero attached hydrogens (tertiary/aromatic N) is 4. The highest BCUT2D eigenvalue weighted by Crippen LogP contribution is 2.35. The Morgan fingerprint density at radius 2 is 2.09 bits per heavy atom. The van der Waals surface area contributed by atoms with Gasteiger partial charge in [0.05, 0.1) is 47.2 Å². The van der Waals surface area contributed by atoms with E-state index in [1.807, 2.05) is 23.8 Å². The van der Waals surface area contributed by atoms with Crippen LogP contribution in [-0.4, -0.2) is 50.9 Å². The number of rotatable bonds is 6. The van der Waals surface area contributed by atoms with Crippen molar-refractivity contribution in [3.8, 4) is 5.69 Å². The summed E-state index contributed by atoms with van der Waals surface area (Å²) in [5.74, 6) is -0.278. The minimum atomic E-state index is -0.742. The molecule has 1 saturated carbocycles. The van der Waals surface area contributed by atoms with Crippen molar-refractivity contribution in [2.45, 2.75) is 57.6 Å². The Balaban J connectivity index is 1.45. The first-order chi connectivity index (χ1) is 16.0. The molecule has 7 nitrogen and oxygen atoms in total. The maximum absolute atomic E-state index is 11.7. The Hall–Kier alpha value is -2.64. The van der Waals surface area contributed by atoms with Gasteiger partial charge in [0.15, 0.2) is 0 Å². The van der Waals surface area contributed by atoms with Crippen LogP contribution in [0.2, 0.25) is 5.02 Å². The summed E-state index contributed by atoms with van der Waals surface area (Å²) >= 11 is 6.70. The van der Waals surface area contributed by atoms with Crippen molar-refractivity contribution in [3.63, 3.8) is 0 Å². The van der Waals surface area contributed by atoms with Crippen molar-refractivity contribution in [1.29, 1.82) is 0 Å². The van der Waals surface area contributed by atoms with Gasteiger partial charge in [0.1, 0.15) is 5.82 Å². The fraction of sp³-hybridized carbons (Fsp3) is 0.480. The molecule has 5 rings (SSSR count). The average Bonchev–Trinajstić information content (AvgIpc) is 3.52. The number of hydrogen-bond acceptors (Lipinski definition) is 5. The third-order valence-corrected chi connectivity index (χ3v) is 7.53. The Kier molecular flexibility index (Phi) is 6.25. The number of halogens is 1. The molecule has 1 saturated heterocycles. The number of aromatic nitrogens is 3. The summed E-state index contributed by atoms with van der Waals surface area (Å²) in [5, 5.41) is 11.2. The molecule has 1 aliphatic heterocycles. The Morgan fingerprint density at radius 3 is 2.88 bits per heavy atom. The second-order valence-electron chi connectivity index (χ2n) is 9.15. The molecule has 2 aromatic heterocycles. The molecule has 0 radical (unpaired) electrons. The van der Waals surface area contributed by atoms with Gasteiger partial charge >= 0.3 is 5.97 Å². The van der Waals surface area contributed by atoms with Crippen molar-refractivity contribution in [3.05, 3.63) is 47.5 Å². The van der Waals surface area contributed by atoms with Crippen LogP contribution in [0.15, 0.2) is 36.9 Å². The molecule has 2 fully saturated rings. The van der Waals surface area contributed by atoms with E-state index in [-0.39, 0.29) is 12.1 Å². The van der Waals surface area contributed by atoms with E-state index >= 15 is 0 Å². The summed E-state index contributed by atoms with van der Waals surface area (Å²) in [7, 11) is 0. The van der Waals surface area contributed by atoms with Gasteiger partial charge in [-0.3, -0.25) is 4.79 Å². The number of hydrogen-bond donors (Lipinski definition) is 1. The van der Waals surface area contributed by atoms with Crippen molar-refractivity contribution in [1.82, 2.24) is 14.5 Å². The highest BCUT2D eigenvalue weighted by Gasteiger charge is 2.34. The van der Waals surface area contributed by atoms with E-state index in [4.69, 9.17) is 21.3 Å². The zero-order valence-corrected chi connectivity index (χ0v) is 19.5. The van der Waals surface area contributed by atoms with Crippen molar-refractivity contribution in [2.75, 3.05) is 18.1 Å². The number of aryl methyl sites for hydroxylation is 1. The average molecular weight is 469 g/mol. The van der Waals surface area contributed by atoms with Crippen molar-refractivity contribution >= 4 is 34.3 Å². The first-order valence-electron chi connectivity index (χ1n) is 11.7. The lowest BCUT2D eigenvalue weighted by Crippen LogP contribution is -2.39. The zero-order chi connectivity index (χ0) is 22.9. The molecule has 0 spiro atoms.